The van der Waals surface area contributed by atoms with Gasteiger partial charge in [-0.2, -0.15) is 0 Å². The molecule has 2 aliphatic rings. The number of carbonyl (C=O) groups excluding carboxylic acids is 1. The maximum atomic E-state index is 13.4. The van der Waals surface area contributed by atoms with Crippen LogP contribution in [0.25, 0.3) is 0 Å². The monoisotopic (exact) mass is 400 g/mol. The molecule has 1 amide bonds. The van der Waals surface area contributed by atoms with E-state index in [1.54, 1.807) is 0 Å². The Morgan fingerprint density at radius 2 is 1.89 bits per heavy atom. The summed E-state index contributed by atoms with van der Waals surface area (Å²) in [4.78, 5) is 17.1. The summed E-state index contributed by atoms with van der Waals surface area (Å²) in [5.41, 5.74) is 2.27. The van der Waals surface area contributed by atoms with Crippen LogP contribution in [-0.4, -0.2) is 41.4 Å². The molecule has 2 heterocycles. The van der Waals surface area contributed by atoms with Gasteiger partial charge in [0.1, 0.15) is 5.82 Å². The Hall–Kier alpha value is -1.91. The minimum absolute atomic E-state index is 0.219. The molecule has 28 heavy (non-hydrogen) atoms. The molecule has 2 saturated heterocycles. The third kappa shape index (κ3) is 3.81. The van der Waals surface area contributed by atoms with Gasteiger partial charge in [-0.3, -0.25) is 9.69 Å². The molecule has 2 aliphatic heterocycles. The summed E-state index contributed by atoms with van der Waals surface area (Å²) in [6.07, 6.45) is 1.50. The molecule has 2 fully saturated rings. The number of hydrogen-bond donors (Lipinski definition) is 0. The van der Waals surface area contributed by atoms with Crippen LogP contribution in [-0.2, 0) is 11.3 Å². The highest BCUT2D eigenvalue weighted by Gasteiger charge is 2.46. The molecule has 2 aromatic rings. The summed E-state index contributed by atoms with van der Waals surface area (Å²) in [7, 11) is 0. The second-order valence-corrected chi connectivity index (χ2v) is 8.31. The van der Waals surface area contributed by atoms with E-state index in [2.05, 4.69) is 15.9 Å². The molecule has 5 heteroatoms. The van der Waals surface area contributed by atoms with Gasteiger partial charge in [-0.15, -0.1) is 0 Å². The van der Waals surface area contributed by atoms with Gasteiger partial charge in [0.05, 0.1) is 0 Å². The smallest absolute Gasteiger partial charge is 0.222 e. The van der Waals surface area contributed by atoms with Crippen molar-refractivity contribution in [3.63, 3.8) is 0 Å². The summed E-state index contributed by atoms with van der Waals surface area (Å²) >= 11 is 6.36. The second kappa shape index (κ2) is 8.22. The van der Waals surface area contributed by atoms with Crippen LogP contribution in [0.15, 0.2) is 48.5 Å². The lowest BCUT2D eigenvalue weighted by atomic mass is 9.81. The quantitative estimate of drug-likeness (QED) is 0.742. The van der Waals surface area contributed by atoms with Crippen LogP contribution < -0.4 is 0 Å². The molecule has 0 aliphatic carbocycles. The largest absolute Gasteiger partial charge is 0.339 e. The van der Waals surface area contributed by atoms with E-state index < -0.39 is 0 Å². The van der Waals surface area contributed by atoms with Crippen molar-refractivity contribution in [1.82, 2.24) is 9.80 Å². The third-order valence-electron chi connectivity index (χ3n) is 6.29. The normalized spacial score (nSPS) is 25.0. The molecular weight excluding hydrogens is 375 g/mol. The highest BCUT2D eigenvalue weighted by atomic mass is 35.5. The number of halogens is 2. The summed E-state index contributed by atoms with van der Waals surface area (Å²) < 4.78 is 13.4. The summed E-state index contributed by atoms with van der Waals surface area (Å²) in [5, 5.41) is 0.800. The van der Waals surface area contributed by atoms with Crippen LogP contribution in [0.1, 0.15) is 36.8 Å². The number of rotatable bonds is 4. The molecule has 2 aromatic carbocycles. The number of fused-ring (bicyclic) bond motifs is 1. The predicted octanol–water partition coefficient (Wildman–Crippen LogP) is 4.71. The summed E-state index contributed by atoms with van der Waals surface area (Å²) in [6.45, 7) is 5.35. The van der Waals surface area contributed by atoms with E-state index in [1.807, 2.05) is 37.3 Å². The fourth-order valence-corrected chi connectivity index (χ4v) is 5.06. The lowest BCUT2D eigenvalue weighted by molar-refractivity contribution is -0.132. The van der Waals surface area contributed by atoms with Crippen LogP contribution in [0.5, 0.6) is 0 Å². The van der Waals surface area contributed by atoms with Crippen molar-refractivity contribution in [3.8, 4) is 0 Å². The van der Waals surface area contributed by atoms with E-state index in [-0.39, 0.29) is 23.7 Å². The molecule has 148 valence electrons. The van der Waals surface area contributed by atoms with E-state index in [9.17, 15) is 9.18 Å². The van der Waals surface area contributed by atoms with Crippen molar-refractivity contribution in [2.75, 3.05) is 19.6 Å². The molecule has 3 nitrogen and oxygen atoms in total. The SMILES string of the molecule is CCC(=O)N1C[C@H](c2ccc(F)cc2)[C@H]2CN(Cc3ccccc3Cl)CC[C@H]21. The van der Waals surface area contributed by atoms with Crippen molar-refractivity contribution < 1.29 is 9.18 Å². The van der Waals surface area contributed by atoms with Gasteiger partial charge in [0, 0.05) is 55.5 Å². The molecule has 0 spiro atoms. The van der Waals surface area contributed by atoms with E-state index in [1.165, 1.54) is 12.1 Å². The Morgan fingerprint density at radius 1 is 1.14 bits per heavy atom. The van der Waals surface area contributed by atoms with Crippen LogP contribution in [0.4, 0.5) is 4.39 Å². The van der Waals surface area contributed by atoms with E-state index in [0.29, 0.717) is 12.3 Å². The number of piperidine rings is 1. The Bertz CT molecular complexity index is 841. The summed E-state index contributed by atoms with van der Waals surface area (Å²) in [5.74, 6) is 0.607. The van der Waals surface area contributed by atoms with E-state index in [0.717, 1.165) is 48.7 Å². The number of carbonyl (C=O) groups is 1. The first-order valence-electron chi connectivity index (χ1n) is 10.1. The number of likely N-dealkylation sites (tertiary alicyclic amines) is 2. The first kappa shape index (κ1) is 19.4. The average Bonchev–Trinajstić information content (AvgIpc) is 3.09. The van der Waals surface area contributed by atoms with Gasteiger partial charge in [0.2, 0.25) is 5.91 Å². The van der Waals surface area contributed by atoms with E-state index >= 15 is 0 Å². The van der Waals surface area contributed by atoms with Gasteiger partial charge < -0.3 is 4.90 Å². The topological polar surface area (TPSA) is 23.6 Å². The van der Waals surface area contributed by atoms with Gasteiger partial charge >= 0.3 is 0 Å². The Labute approximate surface area is 171 Å². The number of amides is 1. The molecule has 3 atom stereocenters. The predicted molar refractivity (Wildman–Crippen MR) is 110 cm³/mol. The fourth-order valence-electron chi connectivity index (χ4n) is 4.87. The molecule has 0 bridgehead atoms. The zero-order chi connectivity index (χ0) is 19.7. The maximum Gasteiger partial charge on any atom is 0.222 e. The van der Waals surface area contributed by atoms with Gasteiger partial charge in [-0.1, -0.05) is 48.9 Å². The molecule has 0 saturated carbocycles. The fraction of sp³-hybridized carbons (Fsp3) is 0.435. The van der Waals surface area contributed by atoms with Gasteiger partial charge in [-0.25, -0.2) is 4.39 Å². The van der Waals surface area contributed by atoms with Crippen LogP contribution in [0, 0.1) is 11.7 Å². The molecule has 0 aromatic heterocycles. The summed E-state index contributed by atoms with van der Waals surface area (Å²) in [6, 6.07) is 15.1. The van der Waals surface area contributed by atoms with Gasteiger partial charge in [-0.05, 0) is 35.7 Å². The van der Waals surface area contributed by atoms with Crippen LogP contribution >= 0.6 is 11.6 Å². The standard InChI is InChI=1S/C23H26ClFN2O/c1-2-23(28)27-15-19(16-7-9-18(25)10-8-16)20-14-26(12-11-22(20)27)13-17-5-3-4-6-21(17)24/h3-10,19-20,22H,2,11-15H2,1H3/t19-,20-,22-/m1/s1. The Kier molecular flexibility index (Phi) is 5.70. The van der Waals surface area contributed by atoms with Crippen molar-refractivity contribution in [2.45, 2.75) is 38.3 Å². The first-order chi connectivity index (χ1) is 13.6. The van der Waals surface area contributed by atoms with Gasteiger partial charge in [0.25, 0.3) is 0 Å². The number of hydrogen-bond acceptors (Lipinski definition) is 2. The average molecular weight is 401 g/mol. The Balaban J connectivity index is 1.57. The maximum absolute atomic E-state index is 13.4. The Morgan fingerprint density at radius 3 is 2.61 bits per heavy atom. The zero-order valence-electron chi connectivity index (χ0n) is 16.2. The molecule has 0 N–H and O–H groups in total. The van der Waals surface area contributed by atoms with Crippen molar-refractivity contribution >= 4 is 17.5 Å². The van der Waals surface area contributed by atoms with Crippen molar-refractivity contribution in [1.29, 1.82) is 0 Å². The minimum atomic E-state index is -0.219. The minimum Gasteiger partial charge on any atom is -0.339 e. The lowest BCUT2D eigenvalue weighted by Gasteiger charge is -2.39. The van der Waals surface area contributed by atoms with Crippen molar-refractivity contribution in [3.05, 3.63) is 70.5 Å². The van der Waals surface area contributed by atoms with Crippen molar-refractivity contribution in [2.24, 2.45) is 5.92 Å². The van der Waals surface area contributed by atoms with Gasteiger partial charge in [0.15, 0.2) is 0 Å². The van der Waals surface area contributed by atoms with Crippen LogP contribution in [0.3, 0.4) is 0 Å². The molecule has 0 unspecified atom stereocenters. The number of benzene rings is 2. The first-order valence-corrected chi connectivity index (χ1v) is 10.4. The second-order valence-electron chi connectivity index (χ2n) is 7.90. The highest BCUT2D eigenvalue weighted by molar-refractivity contribution is 6.31. The number of nitrogens with zero attached hydrogens (tertiary/aromatic N) is 2. The van der Waals surface area contributed by atoms with Crippen LogP contribution in [0.2, 0.25) is 5.02 Å². The molecule has 0 radical (unpaired) electrons. The molecular formula is C23H26ClFN2O. The highest BCUT2D eigenvalue weighted by Crippen LogP contribution is 2.42. The molecule has 4 rings (SSSR count). The zero-order valence-corrected chi connectivity index (χ0v) is 16.9. The van der Waals surface area contributed by atoms with E-state index in [4.69, 9.17) is 11.6 Å². The third-order valence-corrected chi connectivity index (χ3v) is 6.66. The lowest BCUT2D eigenvalue weighted by Crippen LogP contribution is -2.47.